The van der Waals surface area contributed by atoms with E-state index in [0.29, 0.717) is 19.4 Å². The molecule has 0 spiro atoms. The van der Waals surface area contributed by atoms with Gasteiger partial charge in [0, 0.05) is 13.0 Å². The summed E-state index contributed by atoms with van der Waals surface area (Å²) in [7, 11) is 3.22. The Morgan fingerprint density at radius 3 is 2.68 bits per heavy atom. The third-order valence-electron chi connectivity index (χ3n) is 3.01. The highest BCUT2D eigenvalue weighted by atomic mass is 19.3. The first kappa shape index (κ1) is 18.2. The molecule has 0 saturated heterocycles. The SMILES string of the molecule is CNCCCC(=O)NCCc1ccc(OC)c(OC(F)F)c1. The lowest BCUT2D eigenvalue weighted by atomic mass is 10.1. The summed E-state index contributed by atoms with van der Waals surface area (Å²) >= 11 is 0. The molecular formula is C15H22F2N2O3. The summed E-state index contributed by atoms with van der Waals surface area (Å²) in [4.78, 5) is 11.5. The summed E-state index contributed by atoms with van der Waals surface area (Å²) in [5, 5.41) is 5.76. The maximum absolute atomic E-state index is 12.3. The van der Waals surface area contributed by atoms with Crippen LogP contribution in [0, 0.1) is 0 Å². The highest BCUT2D eigenvalue weighted by Crippen LogP contribution is 2.29. The fraction of sp³-hybridized carbons (Fsp3) is 0.533. The van der Waals surface area contributed by atoms with Gasteiger partial charge >= 0.3 is 6.61 Å². The van der Waals surface area contributed by atoms with Crippen molar-refractivity contribution >= 4 is 5.91 Å². The molecule has 5 nitrogen and oxygen atoms in total. The zero-order valence-corrected chi connectivity index (χ0v) is 12.8. The van der Waals surface area contributed by atoms with E-state index in [1.165, 1.54) is 13.2 Å². The molecule has 0 aliphatic carbocycles. The summed E-state index contributed by atoms with van der Waals surface area (Å²) in [6.07, 6.45) is 1.77. The van der Waals surface area contributed by atoms with Crippen LogP contribution < -0.4 is 20.1 Å². The van der Waals surface area contributed by atoms with Crippen molar-refractivity contribution in [3.63, 3.8) is 0 Å². The van der Waals surface area contributed by atoms with Crippen LogP contribution in [-0.4, -0.2) is 39.8 Å². The Morgan fingerprint density at radius 2 is 2.05 bits per heavy atom. The summed E-state index contributed by atoms with van der Waals surface area (Å²) in [6.45, 7) is -1.67. The zero-order valence-electron chi connectivity index (χ0n) is 12.8. The molecule has 1 rings (SSSR count). The summed E-state index contributed by atoms with van der Waals surface area (Å²) < 4.78 is 34.1. The van der Waals surface area contributed by atoms with Gasteiger partial charge in [0.05, 0.1) is 7.11 Å². The number of hydrogen-bond donors (Lipinski definition) is 2. The largest absolute Gasteiger partial charge is 0.493 e. The van der Waals surface area contributed by atoms with Crippen LogP contribution in [0.15, 0.2) is 18.2 Å². The van der Waals surface area contributed by atoms with Gasteiger partial charge in [0.25, 0.3) is 0 Å². The smallest absolute Gasteiger partial charge is 0.387 e. The number of carbonyl (C=O) groups is 1. The van der Waals surface area contributed by atoms with Crippen molar-refractivity contribution in [3.8, 4) is 11.5 Å². The van der Waals surface area contributed by atoms with E-state index in [1.807, 2.05) is 7.05 Å². The number of ether oxygens (including phenoxy) is 2. The van der Waals surface area contributed by atoms with Crippen LogP contribution in [-0.2, 0) is 11.2 Å². The third kappa shape index (κ3) is 6.71. The second-order valence-corrected chi connectivity index (χ2v) is 4.67. The molecular weight excluding hydrogens is 294 g/mol. The average Bonchev–Trinajstić information content (AvgIpc) is 2.47. The monoisotopic (exact) mass is 316 g/mol. The van der Waals surface area contributed by atoms with Gasteiger partial charge in [-0.2, -0.15) is 8.78 Å². The van der Waals surface area contributed by atoms with Gasteiger partial charge in [0.15, 0.2) is 11.5 Å². The van der Waals surface area contributed by atoms with Gasteiger partial charge in [0.2, 0.25) is 5.91 Å². The number of methoxy groups -OCH3 is 1. The summed E-state index contributed by atoms with van der Waals surface area (Å²) in [5.74, 6) is 0.225. The first-order valence-corrected chi connectivity index (χ1v) is 7.10. The first-order valence-electron chi connectivity index (χ1n) is 7.10. The minimum atomic E-state index is -2.91. The Kier molecular flexibility index (Phi) is 8.21. The molecule has 2 N–H and O–H groups in total. The first-order chi connectivity index (χ1) is 10.6. The number of rotatable bonds is 10. The maximum Gasteiger partial charge on any atom is 0.387 e. The standard InChI is InChI=1S/C15H22F2N2O3/c1-18-8-3-4-14(20)19-9-7-11-5-6-12(21-2)13(10-11)22-15(16)17/h5-6,10,15,18H,3-4,7-9H2,1-2H3,(H,19,20). The fourth-order valence-corrected chi connectivity index (χ4v) is 1.93. The molecule has 0 aliphatic rings. The highest BCUT2D eigenvalue weighted by Gasteiger charge is 2.11. The lowest BCUT2D eigenvalue weighted by Gasteiger charge is -2.12. The van der Waals surface area contributed by atoms with Crippen LogP contribution in [0.2, 0.25) is 0 Å². The van der Waals surface area contributed by atoms with E-state index in [4.69, 9.17) is 4.74 Å². The van der Waals surface area contributed by atoms with E-state index < -0.39 is 6.61 Å². The van der Waals surface area contributed by atoms with Gasteiger partial charge < -0.3 is 20.1 Å². The van der Waals surface area contributed by atoms with Crippen molar-refractivity contribution in [2.45, 2.75) is 25.9 Å². The van der Waals surface area contributed by atoms with Crippen LogP contribution in [0.4, 0.5) is 8.78 Å². The van der Waals surface area contributed by atoms with E-state index in [9.17, 15) is 13.6 Å². The van der Waals surface area contributed by atoms with Crippen LogP contribution in [0.5, 0.6) is 11.5 Å². The number of hydrogen-bond acceptors (Lipinski definition) is 4. The highest BCUT2D eigenvalue weighted by molar-refractivity contribution is 5.75. The van der Waals surface area contributed by atoms with Gasteiger partial charge in [-0.3, -0.25) is 4.79 Å². The Bertz CT molecular complexity index is 470. The predicted molar refractivity (Wildman–Crippen MR) is 79.5 cm³/mol. The topological polar surface area (TPSA) is 59.6 Å². The molecule has 0 radical (unpaired) electrons. The molecule has 7 heteroatoms. The quantitative estimate of drug-likeness (QED) is 0.648. The second kappa shape index (κ2) is 9.94. The second-order valence-electron chi connectivity index (χ2n) is 4.67. The number of nitrogens with one attached hydrogen (secondary N) is 2. The van der Waals surface area contributed by atoms with Crippen molar-refractivity contribution in [2.24, 2.45) is 0 Å². The fourth-order valence-electron chi connectivity index (χ4n) is 1.93. The van der Waals surface area contributed by atoms with Crippen molar-refractivity contribution < 1.29 is 23.0 Å². The maximum atomic E-state index is 12.3. The van der Waals surface area contributed by atoms with Crippen molar-refractivity contribution in [1.82, 2.24) is 10.6 Å². The van der Waals surface area contributed by atoms with Crippen LogP contribution >= 0.6 is 0 Å². The van der Waals surface area contributed by atoms with Crippen molar-refractivity contribution in [2.75, 3.05) is 27.2 Å². The number of halogens is 2. The van der Waals surface area contributed by atoms with Crippen LogP contribution in [0.25, 0.3) is 0 Å². The van der Waals surface area contributed by atoms with Crippen molar-refractivity contribution in [1.29, 1.82) is 0 Å². The number of carbonyl (C=O) groups excluding carboxylic acids is 1. The van der Waals surface area contributed by atoms with E-state index in [-0.39, 0.29) is 17.4 Å². The minimum Gasteiger partial charge on any atom is -0.493 e. The molecule has 0 aliphatic heterocycles. The Morgan fingerprint density at radius 1 is 1.27 bits per heavy atom. The van der Waals surface area contributed by atoms with Gasteiger partial charge in [-0.05, 0) is 44.1 Å². The molecule has 0 atom stereocenters. The van der Waals surface area contributed by atoms with E-state index in [2.05, 4.69) is 15.4 Å². The molecule has 0 bridgehead atoms. The zero-order chi connectivity index (χ0) is 16.4. The van der Waals surface area contributed by atoms with E-state index in [0.717, 1.165) is 18.5 Å². The molecule has 0 unspecified atom stereocenters. The molecule has 0 aromatic heterocycles. The molecule has 1 amide bonds. The molecule has 1 aromatic rings. The minimum absolute atomic E-state index is 0.00431. The Hall–Kier alpha value is -1.89. The molecule has 22 heavy (non-hydrogen) atoms. The van der Waals surface area contributed by atoms with Gasteiger partial charge in [0.1, 0.15) is 0 Å². The third-order valence-corrected chi connectivity index (χ3v) is 3.01. The Labute approximate surface area is 129 Å². The summed E-state index contributed by atoms with van der Waals surface area (Å²) in [6, 6.07) is 4.82. The van der Waals surface area contributed by atoms with E-state index in [1.54, 1.807) is 12.1 Å². The van der Waals surface area contributed by atoms with E-state index >= 15 is 0 Å². The van der Waals surface area contributed by atoms with Gasteiger partial charge in [-0.1, -0.05) is 6.07 Å². The normalized spacial score (nSPS) is 10.6. The molecule has 1 aromatic carbocycles. The molecule has 0 heterocycles. The average molecular weight is 316 g/mol. The van der Waals surface area contributed by atoms with Crippen LogP contribution in [0.1, 0.15) is 18.4 Å². The molecule has 0 saturated carbocycles. The van der Waals surface area contributed by atoms with Gasteiger partial charge in [-0.25, -0.2) is 0 Å². The Balaban J connectivity index is 2.47. The number of benzene rings is 1. The van der Waals surface area contributed by atoms with Crippen LogP contribution in [0.3, 0.4) is 0 Å². The van der Waals surface area contributed by atoms with Gasteiger partial charge in [-0.15, -0.1) is 0 Å². The van der Waals surface area contributed by atoms with Crippen molar-refractivity contribution in [3.05, 3.63) is 23.8 Å². The summed E-state index contributed by atoms with van der Waals surface area (Å²) in [5.41, 5.74) is 0.784. The lowest BCUT2D eigenvalue weighted by Crippen LogP contribution is -2.26. The molecule has 124 valence electrons. The molecule has 0 fully saturated rings. The number of alkyl halides is 2. The lowest BCUT2D eigenvalue weighted by molar-refractivity contribution is -0.121. The predicted octanol–water partition coefficient (Wildman–Crippen LogP) is 1.95. The number of amides is 1.